The molecule has 1 heterocycles. The fraction of sp³-hybridized carbons (Fsp3) is 0.200. The highest BCUT2D eigenvalue weighted by atomic mass is 35.5. The van der Waals surface area contributed by atoms with Crippen molar-refractivity contribution in [3.05, 3.63) is 82.4 Å². The third-order valence-electron chi connectivity index (χ3n) is 5.76. The average Bonchev–Trinajstić information content (AvgIpc) is 3.21. The fourth-order valence-electron chi connectivity index (χ4n) is 3.69. The summed E-state index contributed by atoms with van der Waals surface area (Å²) >= 11 is 6.35. The second kappa shape index (κ2) is 9.48. The number of benzene rings is 3. The summed E-state index contributed by atoms with van der Waals surface area (Å²) in [6.45, 7) is 4.40. The molecule has 1 saturated heterocycles. The zero-order chi connectivity index (χ0) is 24.5. The maximum Gasteiger partial charge on any atom is 0.261 e. The Labute approximate surface area is 203 Å². The average molecular weight is 498 g/mol. The number of carbonyl (C=O) groups excluding carboxylic acids is 2. The summed E-state index contributed by atoms with van der Waals surface area (Å²) in [5, 5.41) is 3.15. The molecule has 0 saturated carbocycles. The van der Waals surface area contributed by atoms with Crippen LogP contribution in [0, 0.1) is 13.8 Å². The molecule has 0 aromatic heterocycles. The smallest absolute Gasteiger partial charge is 0.261 e. The van der Waals surface area contributed by atoms with Crippen molar-refractivity contribution in [3.63, 3.8) is 0 Å². The molecule has 9 heteroatoms. The van der Waals surface area contributed by atoms with E-state index < -0.39 is 10.0 Å². The van der Waals surface area contributed by atoms with Gasteiger partial charge in [0.05, 0.1) is 15.6 Å². The van der Waals surface area contributed by atoms with Gasteiger partial charge in [-0.05, 0) is 86.0 Å². The first kappa shape index (κ1) is 23.8. The molecule has 0 radical (unpaired) electrons. The van der Waals surface area contributed by atoms with E-state index in [0.717, 1.165) is 17.5 Å². The number of hydrogen-bond donors (Lipinski definition) is 2. The predicted octanol–water partition coefficient (Wildman–Crippen LogP) is 5.14. The highest BCUT2D eigenvalue weighted by Crippen LogP contribution is 2.32. The molecule has 0 spiro atoms. The van der Waals surface area contributed by atoms with E-state index in [-0.39, 0.29) is 16.7 Å². The summed E-state index contributed by atoms with van der Waals surface area (Å²) in [6, 6.07) is 16.1. The Morgan fingerprint density at radius 3 is 2.26 bits per heavy atom. The summed E-state index contributed by atoms with van der Waals surface area (Å²) in [6.07, 6.45) is 1.30. The zero-order valence-corrected chi connectivity index (χ0v) is 20.3. The summed E-state index contributed by atoms with van der Waals surface area (Å²) in [5.41, 5.74) is 3.71. The number of hydrogen-bond acceptors (Lipinski definition) is 4. The first-order chi connectivity index (χ1) is 16.1. The van der Waals surface area contributed by atoms with Crippen molar-refractivity contribution in [1.82, 2.24) is 0 Å². The Morgan fingerprint density at radius 1 is 0.941 bits per heavy atom. The maximum atomic E-state index is 12.7. The third kappa shape index (κ3) is 5.08. The number of amides is 2. The van der Waals surface area contributed by atoms with E-state index in [0.29, 0.717) is 40.6 Å². The van der Waals surface area contributed by atoms with Crippen molar-refractivity contribution in [2.45, 2.75) is 31.6 Å². The number of halogens is 1. The van der Waals surface area contributed by atoms with Gasteiger partial charge in [0.25, 0.3) is 15.9 Å². The fourth-order valence-corrected chi connectivity index (χ4v) is 5.12. The van der Waals surface area contributed by atoms with E-state index in [4.69, 9.17) is 11.6 Å². The lowest BCUT2D eigenvalue weighted by atomic mass is 10.1. The number of carbonyl (C=O) groups is 2. The van der Waals surface area contributed by atoms with Crippen LogP contribution < -0.4 is 14.9 Å². The molecule has 1 fully saturated rings. The molecule has 0 aliphatic carbocycles. The van der Waals surface area contributed by atoms with E-state index in [1.165, 1.54) is 24.3 Å². The van der Waals surface area contributed by atoms with Gasteiger partial charge in [0.15, 0.2) is 0 Å². The summed E-state index contributed by atoms with van der Waals surface area (Å²) in [7, 11) is -3.75. The Kier molecular flexibility index (Phi) is 6.63. The number of anilines is 3. The van der Waals surface area contributed by atoms with Gasteiger partial charge in [-0.3, -0.25) is 14.3 Å². The molecule has 0 unspecified atom stereocenters. The van der Waals surface area contributed by atoms with Gasteiger partial charge < -0.3 is 10.2 Å². The van der Waals surface area contributed by atoms with Crippen molar-refractivity contribution in [1.29, 1.82) is 0 Å². The maximum absolute atomic E-state index is 12.7. The quantitative estimate of drug-likeness (QED) is 0.493. The highest BCUT2D eigenvalue weighted by molar-refractivity contribution is 7.92. The number of sulfonamides is 1. The Bertz CT molecular complexity index is 1370. The standard InChI is InChI=1S/C25H24ClN3O4S/c1-16-5-11-21(14-17(16)2)34(32,33)28-19-8-6-18(7-9-19)25(31)27-20-10-12-23(22(26)15-20)29-13-3-4-24(29)30/h5-12,14-15,28H,3-4,13H2,1-2H3,(H,27,31). The van der Waals surface area contributed by atoms with Gasteiger partial charge >= 0.3 is 0 Å². The van der Waals surface area contributed by atoms with Crippen molar-refractivity contribution in [2.75, 3.05) is 21.5 Å². The van der Waals surface area contributed by atoms with Crippen LogP contribution in [-0.4, -0.2) is 26.8 Å². The van der Waals surface area contributed by atoms with Gasteiger partial charge in [-0.15, -0.1) is 0 Å². The Morgan fingerprint density at radius 2 is 1.65 bits per heavy atom. The van der Waals surface area contributed by atoms with E-state index in [1.54, 1.807) is 41.3 Å². The van der Waals surface area contributed by atoms with Gasteiger partial charge in [-0.2, -0.15) is 0 Å². The van der Waals surface area contributed by atoms with Crippen molar-refractivity contribution >= 4 is 50.5 Å². The minimum atomic E-state index is -3.75. The van der Waals surface area contributed by atoms with E-state index >= 15 is 0 Å². The molecular formula is C25H24ClN3O4S. The number of nitrogens with one attached hydrogen (secondary N) is 2. The minimum absolute atomic E-state index is 0.0342. The number of rotatable bonds is 6. The van der Waals surface area contributed by atoms with Crippen LogP contribution in [0.2, 0.25) is 5.02 Å². The zero-order valence-electron chi connectivity index (χ0n) is 18.8. The van der Waals surface area contributed by atoms with E-state index in [1.807, 2.05) is 13.8 Å². The van der Waals surface area contributed by atoms with Crippen LogP contribution in [-0.2, 0) is 14.8 Å². The lowest BCUT2D eigenvalue weighted by Gasteiger charge is -2.18. The predicted molar refractivity (Wildman–Crippen MR) is 134 cm³/mol. The molecule has 1 aliphatic rings. The molecule has 7 nitrogen and oxygen atoms in total. The van der Waals surface area contributed by atoms with Gasteiger partial charge in [-0.1, -0.05) is 17.7 Å². The van der Waals surface area contributed by atoms with Crippen molar-refractivity contribution in [3.8, 4) is 0 Å². The van der Waals surface area contributed by atoms with Gasteiger partial charge in [0, 0.05) is 29.9 Å². The first-order valence-corrected chi connectivity index (χ1v) is 12.6. The summed E-state index contributed by atoms with van der Waals surface area (Å²) in [4.78, 5) is 26.4. The largest absolute Gasteiger partial charge is 0.322 e. The normalized spacial score (nSPS) is 13.7. The Balaban J connectivity index is 1.43. The minimum Gasteiger partial charge on any atom is -0.322 e. The van der Waals surface area contributed by atoms with Gasteiger partial charge in [0.1, 0.15) is 0 Å². The van der Waals surface area contributed by atoms with E-state index in [9.17, 15) is 18.0 Å². The third-order valence-corrected chi connectivity index (χ3v) is 7.44. The van der Waals surface area contributed by atoms with Crippen LogP contribution >= 0.6 is 11.6 Å². The van der Waals surface area contributed by atoms with Gasteiger partial charge in [0.2, 0.25) is 5.91 Å². The Hall–Kier alpha value is -3.36. The molecule has 2 amide bonds. The van der Waals surface area contributed by atoms with Crippen LogP contribution in [0.25, 0.3) is 0 Å². The van der Waals surface area contributed by atoms with Crippen LogP contribution in [0.3, 0.4) is 0 Å². The number of aryl methyl sites for hydroxylation is 2. The molecule has 2 N–H and O–H groups in total. The molecular weight excluding hydrogens is 474 g/mol. The van der Waals surface area contributed by atoms with Crippen molar-refractivity contribution in [2.24, 2.45) is 0 Å². The van der Waals surface area contributed by atoms with Crippen LogP contribution in [0.5, 0.6) is 0 Å². The van der Waals surface area contributed by atoms with Crippen LogP contribution in [0.15, 0.2) is 65.6 Å². The second-order valence-corrected chi connectivity index (χ2v) is 10.3. The molecule has 176 valence electrons. The summed E-state index contributed by atoms with van der Waals surface area (Å²) < 4.78 is 27.9. The first-order valence-electron chi connectivity index (χ1n) is 10.8. The SMILES string of the molecule is Cc1ccc(S(=O)(=O)Nc2ccc(C(=O)Nc3ccc(N4CCCC4=O)c(Cl)c3)cc2)cc1C. The lowest BCUT2D eigenvalue weighted by Crippen LogP contribution is -2.24. The molecule has 3 aromatic carbocycles. The van der Waals surface area contributed by atoms with Gasteiger partial charge in [-0.25, -0.2) is 8.42 Å². The number of nitrogens with zero attached hydrogens (tertiary/aromatic N) is 1. The molecule has 4 rings (SSSR count). The lowest BCUT2D eigenvalue weighted by molar-refractivity contribution is -0.117. The van der Waals surface area contributed by atoms with Crippen molar-refractivity contribution < 1.29 is 18.0 Å². The molecule has 0 bridgehead atoms. The monoisotopic (exact) mass is 497 g/mol. The molecule has 3 aromatic rings. The van der Waals surface area contributed by atoms with Crippen LogP contribution in [0.1, 0.15) is 34.3 Å². The topological polar surface area (TPSA) is 95.6 Å². The van der Waals surface area contributed by atoms with Crippen LogP contribution in [0.4, 0.5) is 17.1 Å². The molecule has 34 heavy (non-hydrogen) atoms. The molecule has 0 atom stereocenters. The second-order valence-electron chi connectivity index (χ2n) is 8.20. The molecule has 1 aliphatic heterocycles. The van der Waals surface area contributed by atoms with E-state index in [2.05, 4.69) is 10.0 Å². The highest BCUT2D eigenvalue weighted by Gasteiger charge is 2.23. The summed E-state index contributed by atoms with van der Waals surface area (Å²) in [5.74, 6) is -0.337.